The number of fused-ring (bicyclic) bond motifs is 5. The second kappa shape index (κ2) is 5.99. The van der Waals surface area contributed by atoms with Gasteiger partial charge in [0.25, 0.3) is 0 Å². The van der Waals surface area contributed by atoms with Gasteiger partial charge in [0.2, 0.25) is 0 Å². The molecule has 0 N–H and O–H groups in total. The lowest BCUT2D eigenvalue weighted by Gasteiger charge is -2.57. The van der Waals surface area contributed by atoms with Crippen LogP contribution in [0.5, 0.6) is 0 Å². The largest absolute Gasteiger partial charge is 0.462 e. The number of carbonyl (C=O) groups excluding carboxylic acids is 1. The zero-order chi connectivity index (χ0) is 17.1. The topological polar surface area (TPSA) is 26.3 Å². The van der Waals surface area contributed by atoms with Crippen LogP contribution in [0.2, 0.25) is 0 Å². The highest BCUT2D eigenvalue weighted by molar-refractivity contribution is 14.1. The van der Waals surface area contributed by atoms with Gasteiger partial charge in [-0.05, 0) is 73.5 Å². The third kappa shape index (κ3) is 2.51. The quantitative estimate of drug-likeness (QED) is 0.226. The number of rotatable bonds is 1. The van der Waals surface area contributed by atoms with E-state index < -0.39 is 0 Å². The van der Waals surface area contributed by atoms with Crippen LogP contribution in [0.4, 0.5) is 0 Å². The lowest BCUT2D eigenvalue weighted by Crippen LogP contribution is -2.50. The molecule has 2 nitrogen and oxygen atoms in total. The molecule has 4 rings (SSSR count). The van der Waals surface area contributed by atoms with Gasteiger partial charge in [0, 0.05) is 17.3 Å². The number of hydrogen-bond donors (Lipinski definition) is 0. The second-order valence-electron chi connectivity index (χ2n) is 9.32. The Morgan fingerprint density at radius 3 is 2.71 bits per heavy atom. The van der Waals surface area contributed by atoms with Crippen molar-refractivity contribution in [1.82, 2.24) is 0 Å². The Morgan fingerprint density at radius 1 is 1.17 bits per heavy atom. The van der Waals surface area contributed by atoms with E-state index in [1.54, 1.807) is 12.5 Å². The molecule has 4 aliphatic carbocycles. The fourth-order valence-electron chi connectivity index (χ4n) is 6.90. The molecule has 0 aromatic carbocycles. The first-order chi connectivity index (χ1) is 11.3. The van der Waals surface area contributed by atoms with Crippen LogP contribution in [0.1, 0.15) is 72.1 Å². The van der Waals surface area contributed by atoms with Crippen molar-refractivity contribution < 1.29 is 9.53 Å². The number of allylic oxidation sites excluding steroid dienone is 1. The summed E-state index contributed by atoms with van der Waals surface area (Å²) in [5, 5.41) is 0. The maximum atomic E-state index is 11.3. The molecule has 0 bridgehead atoms. The highest BCUT2D eigenvalue weighted by atomic mass is 127. The van der Waals surface area contributed by atoms with Crippen molar-refractivity contribution in [2.45, 2.75) is 82.2 Å². The molecular weight excluding hydrogens is 411 g/mol. The molecule has 3 saturated carbocycles. The Bertz CT molecular complexity index is 570. The Labute approximate surface area is 160 Å². The minimum absolute atomic E-state index is 0.120. The van der Waals surface area contributed by atoms with E-state index in [4.69, 9.17) is 4.74 Å². The van der Waals surface area contributed by atoms with Crippen LogP contribution in [0.3, 0.4) is 0 Å². The van der Waals surface area contributed by atoms with E-state index >= 15 is 0 Å². The molecule has 4 aliphatic rings. The molecule has 0 aromatic rings. The number of hydrogen-bond acceptors (Lipinski definition) is 2. The summed E-state index contributed by atoms with van der Waals surface area (Å²) in [5.74, 6) is 2.56. The zero-order valence-corrected chi connectivity index (χ0v) is 17.5. The highest BCUT2D eigenvalue weighted by Crippen LogP contribution is 2.65. The summed E-state index contributed by atoms with van der Waals surface area (Å²) in [6, 6.07) is 0. The van der Waals surface area contributed by atoms with Crippen molar-refractivity contribution in [2.75, 3.05) is 0 Å². The first-order valence-corrected chi connectivity index (χ1v) is 11.1. The number of carbonyl (C=O) groups is 1. The molecule has 0 heterocycles. The predicted molar refractivity (Wildman–Crippen MR) is 105 cm³/mol. The van der Waals surface area contributed by atoms with Crippen LogP contribution in [0.25, 0.3) is 0 Å². The molecule has 0 aromatic heterocycles. The minimum Gasteiger partial charge on any atom is -0.462 e. The lowest BCUT2D eigenvalue weighted by atomic mass is 9.48. The molecule has 3 heteroatoms. The van der Waals surface area contributed by atoms with Crippen LogP contribution in [-0.4, -0.2) is 16.0 Å². The summed E-state index contributed by atoms with van der Waals surface area (Å²) in [6.45, 7) is 6.65. The predicted octanol–water partition coefficient (Wildman–Crippen LogP) is 5.68. The van der Waals surface area contributed by atoms with Gasteiger partial charge in [-0.15, -0.1) is 0 Å². The van der Waals surface area contributed by atoms with Crippen LogP contribution < -0.4 is 0 Å². The van der Waals surface area contributed by atoms with E-state index in [0.29, 0.717) is 10.8 Å². The van der Waals surface area contributed by atoms with Crippen molar-refractivity contribution in [3.05, 3.63) is 11.6 Å². The summed E-state index contributed by atoms with van der Waals surface area (Å²) >= 11 is 2.74. The highest BCUT2D eigenvalue weighted by Gasteiger charge is 2.58. The molecule has 3 fully saturated rings. The lowest BCUT2D eigenvalue weighted by molar-refractivity contribution is -0.148. The van der Waals surface area contributed by atoms with E-state index in [1.807, 2.05) is 0 Å². The molecule has 24 heavy (non-hydrogen) atoms. The fourth-order valence-corrected chi connectivity index (χ4v) is 8.03. The van der Waals surface area contributed by atoms with Gasteiger partial charge in [0.05, 0.1) is 0 Å². The summed E-state index contributed by atoms with van der Waals surface area (Å²) in [5.41, 5.74) is 2.55. The van der Waals surface area contributed by atoms with Crippen LogP contribution >= 0.6 is 22.6 Å². The van der Waals surface area contributed by atoms with Crippen molar-refractivity contribution in [1.29, 1.82) is 0 Å². The normalized spacial score (nSPS) is 50.3. The van der Waals surface area contributed by atoms with E-state index in [-0.39, 0.29) is 12.1 Å². The number of halogens is 1. The summed E-state index contributed by atoms with van der Waals surface area (Å²) in [4.78, 5) is 11.3. The molecule has 0 amide bonds. The van der Waals surface area contributed by atoms with Gasteiger partial charge in [0.15, 0.2) is 0 Å². The Kier molecular flexibility index (Phi) is 4.33. The molecular formula is C21H31IO2. The Morgan fingerprint density at radius 2 is 1.96 bits per heavy atom. The number of ether oxygens (including phenoxy) is 1. The summed E-state index contributed by atoms with van der Waals surface area (Å²) in [7, 11) is 0. The van der Waals surface area contributed by atoms with E-state index in [1.165, 1.54) is 38.5 Å². The molecule has 134 valence electrons. The van der Waals surface area contributed by atoms with Gasteiger partial charge >= 0.3 is 5.97 Å². The molecule has 0 saturated heterocycles. The molecule has 0 aliphatic heterocycles. The van der Waals surface area contributed by atoms with Crippen molar-refractivity contribution in [3.63, 3.8) is 0 Å². The number of esters is 1. The van der Waals surface area contributed by atoms with E-state index in [9.17, 15) is 4.79 Å². The smallest absolute Gasteiger partial charge is 0.302 e. The molecule has 0 unspecified atom stereocenters. The minimum atomic E-state index is -0.120. The SMILES string of the molecule is CC(=O)O[C@H]1CC[C@@]2(C)C(=CC[C@H]3[C@@H]4CC[C@@H](I)[C@@]4(C)CC[C@@H]32)C1. The third-order valence-corrected chi connectivity index (χ3v) is 10.3. The molecule has 0 radical (unpaired) electrons. The Hall–Kier alpha value is -0.0600. The average Bonchev–Trinajstić information content (AvgIpc) is 2.83. The van der Waals surface area contributed by atoms with Gasteiger partial charge in [0.1, 0.15) is 6.10 Å². The zero-order valence-electron chi connectivity index (χ0n) is 15.3. The second-order valence-corrected chi connectivity index (χ2v) is 10.8. The van der Waals surface area contributed by atoms with Gasteiger partial charge < -0.3 is 4.74 Å². The monoisotopic (exact) mass is 442 g/mol. The summed E-state index contributed by atoms with van der Waals surface area (Å²) in [6.07, 6.45) is 12.9. The maximum absolute atomic E-state index is 11.3. The first kappa shape index (κ1) is 17.4. The van der Waals surface area contributed by atoms with Crippen LogP contribution in [-0.2, 0) is 9.53 Å². The first-order valence-electron chi connectivity index (χ1n) is 9.85. The van der Waals surface area contributed by atoms with Crippen LogP contribution in [0, 0.1) is 28.6 Å². The van der Waals surface area contributed by atoms with Crippen molar-refractivity contribution >= 4 is 28.6 Å². The third-order valence-electron chi connectivity index (χ3n) is 8.28. The van der Waals surface area contributed by atoms with Gasteiger partial charge in [-0.25, -0.2) is 0 Å². The molecule has 7 atom stereocenters. The van der Waals surface area contributed by atoms with Gasteiger partial charge in [-0.2, -0.15) is 0 Å². The summed E-state index contributed by atoms with van der Waals surface area (Å²) < 4.78 is 6.41. The standard InChI is InChI=1S/C21H31IO2/c1-13(23)24-15-8-10-20(2)14(12-15)4-5-16-17-6-7-19(22)21(17,3)11-9-18(16)20/h4,15-19H,5-12H2,1-3H3/t15-,16-,17-,18-,19+,20-,21-/m0/s1. The van der Waals surface area contributed by atoms with Crippen molar-refractivity contribution in [2.24, 2.45) is 28.6 Å². The maximum Gasteiger partial charge on any atom is 0.302 e. The van der Waals surface area contributed by atoms with E-state index in [2.05, 4.69) is 42.5 Å². The van der Waals surface area contributed by atoms with Crippen molar-refractivity contribution in [3.8, 4) is 0 Å². The van der Waals surface area contributed by atoms with Gasteiger partial charge in [-0.3, -0.25) is 4.79 Å². The van der Waals surface area contributed by atoms with Crippen LogP contribution in [0.15, 0.2) is 11.6 Å². The molecule has 0 spiro atoms. The van der Waals surface area contributed by atoms with E-state index in [0.717, 1.165) is 34.5 Å². The Balaban J connectivity index is 1.59. The number of alkyl halides is 1. The average molecular weight is 442 g/mol. The fraction of sp³-hybridized carbons (Fsp3) is 0.857. The van der Waals surface area contributed by atoms with Gasteiger partial charge in [-0.1, -0.05) is 48.1 Å².